The summed E-state index contributed by atoms with van der Waals surface area (Å²) in [7, 11) is 0. The third-order valence-corrected chi connectivity index (χ3v) is 4.60. The smallest absolute Gasteiger partial charge is 0.256 e. The van der Waals surface area contributed by atoms with Crippen LogP contribution in [0.4, 0.5) is 19.0 Å². The van der Waals surface area contributed by atoms with Crippen LogP contribution in [-0.2, 0) is 0 Å². The lowest BCUT2D eigenvalue weighted by Crippen LogP contribution is -2.30. The number of anilines is 1. The molecule has 1 N–H and O–H groups in total. The zero-order valence-electron chi connectivity index (χ0n) is 14.9. The first-order valence-electron chi connectivity index (χ1n) is 8.82. The summed E-state index contributed by atoms with van der Waals surface area (Å²) in [5.74, 6) is -5.79. The molecule has 1 saturated heterocycles. The molecule has 0 saturated carbocycles. The second-order valence-corrected chi connectivity index (χ2v) is 6.34. The van der Waals surface area contributed by atoms with Crippen LogP contribution in [0.3, 0.4) is 0 Å². The molecule has 0 bridgehead atoms. The number of amides is 1. The quantitative estimate of drug-likeness (QED) is 0.869. The van der Waals surface area contributed by atoms with Crippen molar-refractivity contribution in [2.24, 2.45) is 0 Å². The monoisotopic (exact) mass is 375 g/mol. The van der Waals surface area contributed by atoms with Gasteiger partial charge in [0.2, 0.25) is 11.6 Å². The fourth-order valence-electron chi connectivity index (χ4n) is 2.97. The van der Waals surface area contributed by atoms with Crippen LogP contribution in [0.15, 0.2) is 35.9 Å². The standard InChI is InChI=1S/C20H20F3N3O/c1-2-26-10-8-13(9-11-26)12-15-16(21)17(22)18(23)19(24-15)25-20(27)14-6-4-3-5-7-14/h3-7,12H,2,8-11H2,1H3,(H,24,25,27). The summed E-state index contributed by atoms with van der Waals surface area (Å²) in [6, 6.07) is 8.06. The maximum atomic E-state index is 14.2. The van der Waals surface area contributed by atoms with Gasteiger partial charge in [0, 0.05) is 18.7 Å². The Hall–Kier alpha value is -2.67. The van der Waals surface area contributed by atoms with Crippen LogP contribution in [0.5, 0.6) is 0 Å². The minimum Gasteiger partial charge on any atom is -0.304 e. The number of pyridine rings is 1. The molecule has 0 atom stereocenters. The predicted octanol–water partition coefficient (Wildman–Crippen LogP) is 4.25. The van der Waals surface area contributed by atoms with Crippen LogP contribution in [0, 0.1) is 17.5 Å². The number of aromatic nitrogens is 1. The van der Waals surface area contributed by atoms with Gasteiger partial charge in [0.05, 0.1) is 0 Å². The maximum Gasteiger partial charge on any atom is 0.256 e. The second kappa shape index (κ2) is 8.35. The topological polar surface area (TPSA) is 45.2 Å². The van der Waals surface area contributed by atoms with Crippen LogP contribution < -0.4 is 5.32 Å². The fourth-order valence-corrected chi connectivity index (χ4v) is 2.97. The van der Waals surface area contributed by atoms with E-state index in [0.29, 0.717) is 12.8 Å². The van der Waals surface area contributed by atoms with Crippen LogP contribution in [-0.4, -0.2) is 35.4 Å². The molecule has 0 radical (unpaired) electrons. The highest BCUT2D eigenvalue weighted by Gasteiger charge is 2.22. The first kappa shape index (κ1) is 19.1. The van der Waals surface area contributed by atoms with Gasteiger partial charge in [-0.05, 0) is 37.6 Å². The number of rotatable bonds is 4. The van der Waals surface area contributed by atoms with Crippen LogP contribution >= 0.6 is 0 Å². The molecule has 3 rings (SSSR count). The maximum absolute atomic E-state index is 14.2. The van der Waals surface area contributed by atoms with Crippen molar-refractivity contribution < 1.29 is 18.0 Å². The second-order valence-electron chi connectivity index (χ2n) is 6.34. The molecule has 1 aliphatic heterocycles. The number of nitrogens with one attached hydrogen (secondary N) is 1. The van der Waals surface area contributed by atoms with Gasteiger partial charge in [-0.2, -0.15) is 4.39 Å². The van der Waals surface area contributed by atoms with E-state index >= 15 is 0 Å². The lowest BCUT2D eigenvalue weighted by molar-refractivity contribution is 0.102. The summed E-state index contributed by atoms with van der Waals surface area (Å²) < 4.78 is 42.2. The Kier molecular flexibility index (Phi) is 5.91. The number of hydrogen-bond acceptors (Lipinski definition) is 3. The molecule has 0 spiro atoms. The molecule has 0 unspecified atom stereocenters. The zero-order valence-corrected chi connectivity index (χ0v) is 14.9. The van der Waals surface area contributed by atoms with Crippen LogP contribution in [0.2, 0.25) is 0 Å². The molecule has 1 aliphatic rings. The van der Waals surface area contributed by atoms with E-state index < -0.39 is 29.2 Å². The first-order chi connectivity index (χ1) is 13.0. The molecule has 27 heavy (non-hydrogen) atoms. The number of nitrogens with zero attached hydrogens (tertiary/aromatic N) is 2. The Morgan fingerprint density at radius 1 is 1.11 bits per heavy atom. The Morgan fingerprint density at radius 3 is 2.41 bits per heavy atom. The normalized spacial score (nSPS) is 14.9. The summed E-state index contributed by atoms with van der Waals surface area (Å²) in [6.07, 6.45) is 2.86. The summed E-state index contributed by atoms with van der Waals surface area (Å²) in [5, 5.41) is 2.22. The van der Waals surface area contributed by atoms with Gasteiger partial charge in [-0.1, -0.05) is 30.7 Å². The average Bonchev–Trinajstić information content (AvgIpc) is 2.71. The van der Waals surface area contributed by atoms with Gasteiger partial charge in [0.25, 0.3) is 5.91 Å². The van der Waals surface area contributed by atoms with Crippen molar-refractivity contribution in [2.75, 3.05) is 25.0 Å². The van der Waals surface area contributed by atoms with E-state index in [1.165, 1.54) is 18.2 Å². The van der Waals surface area contributed by atoms with E-state index in [4.69, 9.17) is 0 Å². The van der Waals surface area contributed by atoms with Crippen molar-refractivity contribution in [2.45, 2.75) is 19.8 Å². The molecule has 0 aliphatic carbocycles. The minimum absolute atomic E-state index is 0.260. The van der Waals surface area contributed by atoms with Crippen molar-refractivity contribution in [1.82, 2.24) is 9.88 Å². The lowest BCUT2D eigenvalue weighted by atomic mass is 10.0. The number of hydrogen-bond donors (Lipinski definition) is 1. The molecule has 4 nitrogen and oxygen atoms in total. The molecule has 1 fully saturated rings. The summed E-state index contributed by atoms with van der Waals surface area (Å²) in [5.41, 5.74) is 0.866. The third-order valence-electron chi connectivity index (χ3n) is 4.60. The van der Waals surface area contributed by atoms with Gasteiger partial charge in [0.15, 0.2) is 11.6 Å². The van der Waals surface area contributed by atoms with Gasteiger partial charge in [-0.15, -0.1) is 0 Å². The zero-order chi connectivity index (χ0) is 19.4. The minimum atomic E-state index is -1.65. The largest absolute Gasteiger partial charge is 0.304 e. The molecule has 1 amide bonds. The fraction of sp³-hybridized carbons (Fsp3) is 0.300. The highest BCUT2D eigenvalue weighted by Crippen LogP contribution is 2.25. The predicted molar refractivity (Wildman–Crippen MR) is 97.8 cm³/mol. The molecule has 7 heteroatoms. The number of benzene rings is 1. The SMILES string of the molecule is CCN1CCC(=Cc2nc(NC(=O)c3ccccc3)c(F)c(F)c2F)CC1. The van der Waals surface area contributed by atoms with E-state index in [-0.39, 0.29) is 11.3 Å². The number of piperidine rings is 1. The molecule has 1 aromatic heterocycles. The van der Waals surface area contributed by atoms with Crippen LogP contribution in [0.1, 0.15) is 35.8 Å². The third kappa shape index (κ3) is 4.36. The van der Waals surface area contributed by atoms with Crippen LogP contribution in [0.25, 0.3) is 6.08 Å². The Morgan fingerprint density at radius 2 is 1.78 bits per heavy atom. The Bertz CT molecular complexity index is 859. The highest BCUT2D eigenvalue weighted by atomic mass is 19.2. The molecule has 2 heterocycles. The van der Waals surface area contributed by atoms with Crippen molar-refractivity contribution in [3.8, 4) is 0 Å². The van der Waals surface area contributed by atoms with Gasteiger partial charge in [-0.25, -0.2) is 13.8 Å². The first-order valence-corrected chi connectivity index (χ1v) is 8.82. The van der Waals surface area contributed by atoms with Gasteiger partial charge < -0.3 is 10.2 Å². The summed E-state index contributed by atoms with van der Waals surface area (Å²) in [4.78, 5) is 18.2. The number of carbonyl (C=O) groups excluding carboxylic acids is 1. The van der Waals surface area contributed by atoms with Gasteiger partial charge >= 0.3 is 0 Å². The molecule has 1 aromatic carbocycles. The average molecular weight is 375 g/mol. The lowest BCUT2D eigenvalue weighted by Gasteiger charge is -2.26. The Labute approximate surface area is 155 Å². The molecule has 2 aromatic rings. The Balaban J connectivity index is 1.87. The number of likely N-dealkylation sites (tertiary alicyclic amines) is 1. The van der Waals surface area contributed by atoms with E-state index in [9.17, 15) is 18.0 Å². The van der Waals surface area contributed by atoms with Crippen molar-refractivity contribution in [3.05, 3.63) is 64.6 Å². The molecular weight excluding hydrogens is 355 g/mol. The summed E-state index contributed by atoms with van der Waals surface area (Å²) >= 11 is 0. The van der Waals surface area contributed by atoms with Crippen molar-refractivity contribution >= 4 is 17.8 Å². The highest BCUT2D eigenvalue weighted by molar-refractivity contribution is 6.03. The molecule has 142 valence electrons. The van der Waals surface area contributed by atoms with Gasteiger partial charge in [0.1, 0.15) is 5.69 Å². The number of carbonyl (C=O) groups is 1. The summed E-state index contributed by atoms with van der Waals surface area (Å²) in [6.45, 7) is 4.64. The number of halogens is 3. The van der Waals surface area contributed by atoms with E-state index in [1.54, 1.807) is 18.2 Å². The van der Waals surface area contributed by atoms with E-state index in [1.807, 2.05) is 0 Å². The van der Waals surface area contributed by atoms with E-state index in [0.717, 1.165) is 25.2 Å². The molecular formula is C20H20F3N3O. The van der Waals surface area contributed by atoms with E-state index in [2.05, 4.69) is 22.1 Å². The van der Waals surface area contributed by atoms with Gasteiger partial charge in [-0.3, -0.25) is 4.79 Å². The van der Waals surface area contributed by atoms with Crippen molar-refractivity contribution in [3.63, 3.8) is 0 Å². The van der Waals surface area contributed by atoms with Crippen molar-refractivity contribution in [1.29, 1.82) is 0 Å².